The first-order chi connectivity index (χ1) is 17.2. The third kappa shape index (κ3) is 5.66. The number of nitrogens with zero attached hydrogens (tertiary/aromatic N) is 2. The van der Waals surface area contributed by atoms with E-state index in [1.807, 2.05) is 0 Å². The molecule has 0 saturated heterocycles. The number of amides is 1. The van der Waals surface area contributed by atoms with Gasteiger partial charge in [0, 0.05) is 10.0 Å². The normalized spacial score (nSPS) is 12.3. The van der Waals surface area contributed by atoms with Crippen molar-refractivity contribution in [2.45, 2.75) is 18.6 Å². The van der Waals surface area contributed by atoms with Crippen molar-refractivity contribution in [1.29, 1.82) is 0 Å². The topological polar surface area (TPSA) is 56.2 Å². The van der Waals surface area contributed by atoms with E-state index in [-0.39, 0.29) is 11.4 Å². The summed E-state index contributed by atoms with van der Waals surface area (Å²) in [6.07, 6.45) is -3.64. The number of hydrogen-bond donors (Lipinski definition) is 1. The fourth-order valence-corrected chi connectivity index (χ4v) is 4.07. The quantitative estimate of drug-likeness (QED) is 0.280. The minimum atomic E-state index is -4.87. The van der Waals surface area contributed by atoms with E-state index in [4.69, 9.17) is 27.9 Å². The lowest BCUT2D eigenvalue weighted by atomic mass is 9.98. The highest BCUT2D eigenvalue weighted by Gasteiger charge is 2.41. The van der Waals surface area contributed by atoms with Crippen LogP contribution >= 0.6 is 23.2 Å². The van der Waals surface area contributed by atoms with Crippen molar-refractivity contribution in [1.82, 2.24) is 15.1 Å². The third-order valence-corrected chi connectivity index (χ3v) is 6.03. The molecule has 0 aliphatic heterocycles. The van der Waals surface area contributed by atoms with Gasteiger partial charge in [0.2, 0.25) is 0 Å². The summed E-state index contributed by atoms with van der Waals surface area (Å²) in [5, 5.41) is 7.67. The van der Waals surface area contributed by atoms with Gasteiger partial charge in [0.25, 0.3) is 5.91 Å². The van der Waals surface area contributed by atoms with Gasteiger partial charge in [-0.25, -0.2) is 4.68 Å². The first-order valence-corrected chi connectivity index (χ1v) is 11.5. The Morgan fingerprint density at radius 2 is 1.61 bits per heavy atom. The van der Waals surface area contributed by atoms with Crippen LogP contribution in [0.15, 0.2) is 79.0 Å². The van der Waals surface area contributed by atoms with Crippen molar-refractivity contribution in [3.63, 3.8) is 0 Å². The largest absolute Gasteiger partial charge is 0.494 e. The minimum absolute atomic E-state index is 0.0572. The van der Waals surface area contributed by atoms with Crippen LogP contribution in [0.2, 0.25) is 10.0 Å². The van der Waals surface area contributed by atoms with Crippen molar-refractivity contribution in [3.8, 4) is 11.4 Å². The molecule has 4 aromatic rings. The van der Waals surface area contributed by atoms with Gasteiger partial charge >= 0.3 is 6.18 Å². The molecule has 1 N–H and O–H groups in total. The van der Waals surface area contributed by atoms with E-state index in [0.29, 0.717) is 26.7 Å². The van der Waals surface area contributed by atoms with E-state index in [9.17, 15) is 18.0 Å². The van der Waals surface area contributed by atoms with Gasteiger partial charge in [0.1, 0.15) is 11.4 Å². The number of ether oxygens (including phenoxy) is 1. The van der Waals surface area contributed by atoms with Gasteiger partial charge in [-0.2, -0.15) is 18.3 Å². The number of aromatic nitrogens is 2. The van der Waals surface area contributed by atoms with E-state index in [1.165, 1.54) is 19.2 Å². The summed E-state index contributed by atoms with van der Waals surface area (Å²) in [4.78, 5) is 13.3. The number of para-hydroxylation sites is 2. The number of halogens is 5. The summed E-state index contributed by atoms with van der Waals surface area (Å²) >= 11 is 12.0. The van der Waals surface area contributed by atoms with E-state index in [2.05, 4.69) is 10.4 Å². The molecule has 10 heteroatoms. The predicted molar refractivity (Wildman–Crippen MR) is 132 cm³/mol. The molecule has 0 spiro atoms. The Morgan fingerprint density at radius 3 is 2.22 bits per heavy atom. The number of benzene rings is 3. The second-order valence-corrected chi connectivity index (χ2v) is 8.77. The molecule has 4 rings (SSSR count). The van der Waals surface area contributed by atoms with Gasteiger partial charge in [-0.05, 0) is 53.9 Å². The number of rotatable bonds is 7. The van der Waals surface area contributed by atoms with E-state index < -0.39 is 29.4 Å². The summed E-state index contributed by atoms with van der Waals surface area (Å²) in [6, 6.07) is 19.2. The molecule has 1 heterocycles. The Morgan fingerprint density at radius 1 is 1.00 bits per heavy atom. The van der Waals surface area contributed by atoms with Crippen molar-refractivity contribution < 1.29 is 22.7 Å². The van der Waals surface area contributed by atoms with Gasteiger partial charge in [-0.1, -0.05) is 59.6 Å². The predicted octanol–water partition coefficient (Wildman–Crippen LogP) is 6.92. The molecule has 0 saturated carbocycles. The lowest BCUT2D eigenvalue weighted by Gasteiger charge is -2.20. The Bertz CT molecular complexity index is 1350. The van der Waals surface area contributed by atoms with Crippen LogP contribution in [-0.2, 0) is 12.6 Å². The zero-order chi connectivity index (χ0) is 25.9. The highest BCUT2D eigenvalue weighted by atomic mass is 35.5. The van der Waals surface area contributed by atoms with Crippen molar-refractivity contribution in [2.75, 3.05) is 7.11 Å². The lowest BCUT2D eigenvalue weighted by molar-refractivity contribution is -0.143. The number of alkyl halides is 3. The van der Waals surface area contributed by atoms with Crippen molar-refractivity contribution in [2.24, 2.45) is 0 Å². The summed E-state index contributed by atoms with van der Waals surface area (Å²) in [5.41, 5.74) is -0.245. The maximum Gasteiger partial charge on any atom is 0.434 e. The molecule has 186 valence electrons. The van der Waals surface area contributed by atoms with E-state index >= 15 is 0 Å². The molecule has 0 fully saturated rings. The summed E-state index contributed by atoms with van der Waals surface area (Å²) in [5.74, 6) is -0.739. The monoisotopic (exact) mass is 533 g/mol. The maximum absolute atomic E-state index is 14.2. The van der Waals surface area contributed by atoms with Crippen LogP contribution in [-0.4, -0.2) is 22.8 Å². The van der Waals surface area contributed by atoms with E-state index in [0.717, 1.165) is 11.8 Å². The summed E-state index contributed by atoms with van der Waals surface area (Å²) in [7, 11) is 1.34. The molecular weight excluding hydrogens is 514 g/mol. The molecule has 3 aromatic carbocycles. The molecule has 36 heavy (non-hydrogen) atoms. The molecular formula is C26H20Cl2F3N3O2. The Balaban J connectivity index is 1.72. The van der Waals surface area contributed by atoms with Crippen molar-refractivity contribution in [3.05, 3.63) is 111 Å². The van der Waals surface area contributed by atoms with Crippen LogP contribution in [0.5, 0.6) is 5.75 Å². The Hall–Kier alpha value is -3.49. The van der Waals surface area contributed by atoms with Crippen molar-refractivity contribution >= 4 is 29.1 Å². The van der Waals surface area contributed by atoms with Gasteiger partial charge in [-0.3, -0.25) is 4.79 Å². The maximum atomic E-state index is 14.2. The second-order valence-electron chi connectivity index (χ2n) is 7.90. The number of methoxy groups -OCH3 is 1. The average Bonchev–Trinajstić information content (AvgIpc) is 3.31. The smallest absolute Gasteiger partial charge is 0.434 e. The van der Waals surface area contributed by atoms with Crippen LogP contribution in [0.4, 0.5) is 13.2 Å². The molecule has 0 radical (unpaired) electrons. The van der Waals surface area contributed by atoms with Crippen LogP contribution < -0.4 is 10.1 Å². The fourth-order valence-electron chi connectivity index (χ4n) is 3.81. The molecule has 1 atom stereocenters. The highest BCUT2D eigenvalue weighted by molar-refractivity contribution is 6.30. The molecule has 1 aromatic heterocycles. The standard InChI is InChI=1S/C26H20Cl2F3N3O2/c1-36-23-5-3-2-4-22(23)34-24(26(29,30)31)20(15-32-34)25(35)33-21(17-8-12-19(28)13-9-17)14-16-6-10-18(27)11-7-16/h2-13,15,21H,14H2,1H3,(H,33,35). The second kappa shape index (κ2) is 10.6. The number of carbonyl (C=O) groups is 1. The zero-order valence-corrected chi connectivity index (χ0v) is 20.4. The van der Waals surface area contributed by atoms with Crippen LogP contribution in [0.25, 0.3) is 5.69 Å². The van der Waals surface area contributed by atoms with Crippen LogP contribution in [0.3, 0.4) is 0 Å². The van der Waals surface area contributed by atoms with Gasteiger partial charge in [0.15, 0.2) is 5.69 Å². The van der Waals surface area contributed by atoms with Crippen LogP contribution in [0.1, 0.15) is 33.2 Å². The number of hydrogen-bond acceptors (Lipinski definition) is 3. The first kappa shape index (κ1) is 25.6. The van der Waals surface area contributed by atoms with Gasteiger partial charge in [0.05, 0.1) is 24.9 Å². The summed E-state index contributed by atoms with van der Waals surface area (Å²) < 4.78 is 48.5. The third-order valence-electron chi connectivity index (χ3n) is 5.53. The number of carbonyl (C=O) groups excluding carboxylic acids is 1. The van der Waals surface area contributed by atoms with E-state index in [1.54, 1.807) is 60.7 Å². The minimum Gasteiger partial charge on any atom is -0.494 e. The number of nitrogens with one attached hydrogen (secondary N) is 1. The fraction of sp³-hybridized carbons (Fsp3) is 0.154. The molecule has 0 bridgehead atoms. The first-order valence-electron chi connectivity index (χ1n) is 10.8. The lowest BCUT2D eigenvalue weighted by Crippen LogP contribution is -2.31. The molecule has 5 nitrogen and oxygen atoms in total. The van der Waals surface area contributed by atoms with Gasteiger partial charge < -0.3 is 10.1 Å². The highest BCUT2D eigenvalue weighted by Crippen LogP contribution is 2.36. The molecule has 1 unspecified atom stereocenters. The SMILES string of the molecule is COc1ccccc1-n1ncc(C(=O)NC(Cc2ccc(Cl)cc2)c2ccc(Cl)cc2)c1C(F)(F)F. The van der Waals surface area contributed by atoms with Crippen LogP contribution in [0, 0.1) is 0 Å². The zero-order valence-electron chi connectivity index (χ0n) is 18.9. The average molecular weight is 534 g/mol. The molecule has 0 aliphatic carbocycles. The Kier molecular flexibility index (Phi) is 7.56. The molecule has 1 amide bonds. The summed E-state index contributed by atoms with van der Waals surface area (Å²) in [6.45, 7) is 0. The molecule has 0 aliphatic rings. The van der Waals surface area contributed by atoms with Gasteiger partial charge in [-0.15, -0.1) is 0 Å². The Labute approximate surface area is 215 Å².